The summed E-state index contributed by atoms with van der Waals surface area (Å²) in [4.78, 5) is 36.8. The van der Waals surface area contributed by atoms with Crippen molar-refractivity contribution in [2.45, 2.75) is 38.6 Å². The first kappa shape index (κ1) is 17.5. The minimum atomic E-state index is -0.122. The van der Waals surface area contributed by atoms with E-state index in [-0.39, 0.29) is 30.1 Å². The highest BCUT2D eigenvalue weighted by molar-refractivity contribution is 6.30. The number of hydrogen-bond acceptors (Lipinski definition) is 3. The first-order valence-electron chi connectivity index (χ1n) is 7.79. The number of benzene rings is 1. The topological polar surface area (TPSA) is 66.5 Å². The van der Waals surface area contributed by atoms with Crippen molar-refractivity contribution < 1.29 is 14.4 Å². The van der Waals surface area contributed by atoms with Crippen LogP contribution in [-0.2, 0) is 9.59 Å². The maximum atomic E-state index is 12.1. The molecule has 124 valence electrons. The summed E-state index contributed by atoms with van der Waals surface area (Å²) in [6.07, 6.45) is 2.03. The van der Waals surface area contributed by atoms with Crippen molar-refractivity contribution in [3.63, 3.8) is 0 Å². The third-order valence-electron chi connectivity index (χ3n) is 3.98. The fraction of sp³-hybridized carbons (Fsp3) is 0.471. The van der Waals surface area contributed by atoms with Crippen molar-refractivity contribution in [3.05, 3.63) is 34.9 Å². The molecule has 6 heteroatoms. The summed E-state index contributed by atoms with van der Waals surface area (Å²) in [5.74, 6) is -0.0748. The van der Waals surface area contributed by atoms with Gasteiger partial charge in [-0.15, -0.1) is 0 Å². The average Bonchev–Trinajstić information content (AvgIpc) is 2.54. The maximum absolute atomic E-state index is 12.1. The molecule has 23 heavy (non-hydrogen) atoms. The Kier molecular flexibility index (Phi) is 6.16. The van der Waals surface area contributed by atoms with Crippen LogP contribution in [0.15, 0.2) is 24.3 Å². The third-order valence-corrected chi connectivity index (χ3v) is 4.23. The second kappa shape index (κ2) is 8.11. The molecule has 1 aromatic rings. The van der Waals surface area contributed by atoms with Crippen LogP contribution < -0.4 is 5.32 Å². The van der Waals surface area contributed by atoms with E-state index >= 15 is 0 Å². The normalized spacial score (nSPS) is 15.3. The van der Waals surface area contributed by atoms with Gasteiger partial charge >= 0.3 is 0 Å². The maximum Gasteiger partial charge on any atom is 0.251 e. The summed E-state index contributed by atoms with van der Waals surface area (Å²) in [6.45, 7) is 2.72. The van der Waals surface area contributed by atoms with Crippen molar-refractivity contribution in [2.75, 3.05) is 13.1 Å². The predicted octanol–water partition coefficient (Wildman–Crippen LogP) is 2.43. The van der Waals surface area contributed by atoms with Gasteiger partial charge in [0.15, 0.2) is 0 Å². The Morgan fingerprint density at radius 2 is 1.74 bits per heavy atom. The van der Waals surface area contributed by atoms with Gasteiger partial charge in [-0.1, -0.05) is 11.6 Å². The van der Waals surface area contributed by atoms with Gasteiger partial charge < -0.3 is 15.0 Å². The Bertz CT molecular complexity index is 578. The Hall–Kier alpha value is -1.88. The number of likely N-dealkylation sites (tertiary alicyclic amines) is 1. The molecule has 1 saturated heterocycles. The number of nitrogens with one attached hydrogen (secondary N) is 1. The highest BCUT2D eigenvalue weighted by atomic mass is 35.5. The van der Waals surface area contributed by atoms with Crippen molar-refractivity contribution in [2.24, 2.45) is 0 Å². The number of hydrogen-bond donors (Lipinski definition) is 1. The van der Waals surface area contributed by atoms with Gasteiger partial charge in [-0.2, -0.15) is 0 Å². The molecule has 2 amide bonds. The smallest absolute Gasteiger partial charge is 0.251 e. The van der Waals surface area contributed by atoms with Crippen molar-refractivity contribution in [3.8, 4) is 0 Å². The number of amides is 2. The number of piperidine rings is 1. The van der Waals surface area contributed by atoms with Gasteiger partial charge in [0.25, 0.3) is 5.91 Å². The molecule has 1 heterocycles. The number of nitrogens with zero attached hydrogens (tertiary/aromatic N) is 1. The Labute approximate surface area is 141 Å². The average molecular weight is 337 g/mol. The number of carbonyl (C=O) groups excluding carboxylic acids is 3. The van der Waals surface area contributed by atoms with Crippen LogP contribution in [0.1, 0.15) is 43.0 Å². The first-order chi connectivity index (χ1) is 11.0. The van der Waals surface area contributed by atoms with Crippen LogP contribution in [0, 0.1) is 0 Å². The summed E-state index contributed by atoms with van der Waals surface area (Å²) in [7, 11) is 0. The van der Waals surface area contributed by atoms with Gasteiger partial charge in [-0.3, -0.25) is 9.59 Å². The van der Waals surface area contributed by atoms with E-state index in [9.17, 15) is 14.4 Å². The van der Waals surface area contributed by atoms with Crippen LogP contribution in [0.2, 0.25) is 5.02 Å². The van der Waals surface area contributed by atoms with Crippen LogP contribution in [0.25, 0.3) is 0 Å². The van der Waals surface area contributed by atoms with E-state index in [4.69, 9.17) is 11.6 Å². The standard InChI is InChI=1S/C17H21ClN2O3/c1-12(21)2-7-16(22)20-10-8-15(9-11-20)19-17(23)13-3-5-14(18)6-4-13/h3-6,15H,2,7-11H2,1H3,(H,19,23). The zero-order chi connectivity index (χ0) is 16.8. The van der Waals surface area contributed by atoms with Crippen LogP contribution >= 0.6 is 11.6 Å². The van der Waals surface area contributed by atoms with E-state index in [0.29, 0.717) is 30.1 Å². The van der Waals surface area contributed by atoms with Gasteiger partial charge in [0.1, 0.15) is 5.78 Å². The third kappa shape index (κ3) is 5.36. The van der Waals surface area contributed by atoms with E-state index in [1.807, 2.05) is 0 Å². The summed E-state index contributed by atoms with van der Waals surface area (Å²) in [6, 6.07) is 6.82. The molecular formula is C17H21ClN2O3. The van der Waals surface area contributed by atoms with Crippen LogP contribution in [0.5, 0.6) is 0 Å². The zero-order valence-corrected chi connectivity index (χ0v) is 13.9. The number of halogens is 1. The van der Waals surface area contributed by atoms with E-state index in [1.165, 1.54) is 6.92 Å². The Morgan fingerprint density at radius 3 is 2.30 bits per heavy atom. The molecule has 1 aromatic carbocycles. The van der Waals surface area contributed by atoms with Gasteiger partial charge in [0.2, 0.25) is 5.91 Å². The number of Topliss-reactive ketones (excluding diaryl/α,β-unsaturated/α-hetero) is 1. The minimum Gasteiger partial charge on any atom is -0.349 e. The number of carbonyl (C=O) groups is 3. The van der Waals surface area contributed by atoms with Gasteiger partial charge in [0.05, 0.1) is 0 Å². The summed E-state index contributed by atoms with van der Waals surface area (Å²) < 4.78 is 0. The molecule has 1 fully saturated rings. The lowest BCUT2D eigenvalue weighted by Gasteiger charge is -2.32. The van der Waals surface area contributed by atoms with Crippen LogP contribution in [0.3, 0.4) is 0 Å². The second-order valence-corrected chi connectivity index (χ2v) is 6.27. The SMILES string of the molecule is CC(=O)CCC(=O)N1CCC(NC(=O)c2ccc(Cl)cc2)CC1. The predicted molar refractivity (Wildman–Crippen MR) is 88.4 cm³/mol. The second-order valence-electron chi connectivity index (χ2n) is 5.84. The van der Waals surface area contributed by atoms with Crippen LogP contribution in [-0.4, -0.2) is 41.6 Å². The molecule has 0 aliphatic carbocycles. The van der Waals surface area contributed by atoms with E-state index in [0.717, 1.165) is 12.8 Å². The fourth-order valence-corrected chi connectivity index (χ4v) is 2.71. The quantitative estimate of drug-likeness (QED) is 0.898. The summed E-state index contributed by atoms with van der Waals surface area (Å²) in [5.41, 5.74) is 0.578. The Morgan fingerprint density at radius 1 is 1.13 bits per heavy atom. The molecular weight excluding hydrogens is 316 g/mol. The zero-order valence-electron chi connectivity index (χ0n) is 13.2. The Balaban J connectivity index is 1.78. The lowest BCUT2D eigenvalue weighted by atomic mass is 10.0. The largest absolute Gasteiger partial charge is 0.349 e. The monoisotopic (exact) mass is 336 g/mol. The van der Waals surface area contributed by atoms with Gasteiger partial charge in [0, 0.05) is 42.6 Å². The summed E-state index contributed by atoms with van der Waals surface area (Å²) >= 11 is 5.81. The van der Waals surface area contributed by atoms with Crippen molar-refractivity contribution >= 4 is 29.2 Å². The first-order valence-corrected chi connectivity index (χ1v) is 8.17. The molecule has 0 radical (unpaired) electrons. The fourth-order valence-electron chi connectivity index (χ4n) is 2.58. The summed E-state index contributed by atoms with van der Waals surface area (Å²) in [5, 5.41) is 3.59. The van der Waals surface area contributed by atoms with E-state index in [1.54, 1.807) is 29.2 Å². The molecule has 0 saturated carbocycles. The lowest BCUT2D eigenvalue weighted by molar-refractivity contribution is -0.133. The molecule has 1 aliphatic rings. The molecule has 2 rings (SSSR count). The molecule has 1 aliphatic heterocycles. The van der Waals surface area contributed by atoms with E-state index < -0.39 is 0 Å². The lowest BCUT2D eigenvalue weighted by Crippen LogP contribution is -2.46. The molecule has 0 spiro atoms. The number of ketones is 1. The molecule has 0 atom stereocenters. The molecule has 1 N–H and O–H groups in total. The van der Waals surface area contributed by atoms with Gasteiger partial charge in [-0.25, -0.2) is 0 Å². The van der Waals surface area contributed by atoms with Crippen molar-refractivity contribution in [1.82, 2.24) is 10.2 Å². The minimum absolute atomic E-state index is 0.0164. The van der Waals surface area contributed by atoms with Crippen molar-refractivity contribution in [1.29, 1.82) is 0 Å². The van der Waals surface area contributed by atoms with Gasteiger partial charge in [-0.05, 0) is 44.0 Å². The molecule has 5 nitrogen and oxygen atoms in total. The number of rotatable bonds is 5. The molecule has 0 unspecified atom stereocenters. The van der Waals surface area contributed by atoms with Crippen LogP contribution in [0.4, 0.5) is 0 Å². The molecule has 0 aromatic heterocycles. The highest BCUT2D eigenvalue weighted by Crippen LogP contribution is 2.14. The van der Waals surface area contributed by atoms with E-state index in [2.05, 4.69) is 5.32 Å². The highest BCUT2D eigenvalue weighted by Gasteiger charge is 2.24. The molecule has 0 bridgehead atoms.